The predicted molar refractivity (Wildman–Crippen MR) is 107 cm³/mol. The van der Waals surface area contributed by atoms with Gasteiger partial charge in [-0.15, -0.1) is 0 Å². The molecule has 0 unspecified atom stereocenters. The van der Waals surface area contributed by atoms with Crippen LogP contribution in [0.5, 0.6) is 5.75 Å². The van der Waals surface area contributed by atoms with Crippen LogP contribution in [0.3, 0.4) is 0 Å². The molecule has 1 saturated heterocycles. The van der Waals surface area contributed by atoms with Crippen LogP contribution in [0, 0.1) is 6.92 Å². The second-order valence-corrected chi connectivity index (χ2v) is 7.31. The largest absolute Gasteiger partial charge is 0.493 e. The van der Waals surface area contributed by atoms with Crippen LogP contribution in [-0.4, -0.2) is 44.3 Å². The first kappa shape index (κ1) is 17.0. The van der Waals surface area contributed by atoms with Crippen molar-refractivity contribution in [2.45, 2.75) is 25.8 Å². The average Bonchev–Trinajstić information content (AvgIpc) is 3.30. The van der Waals surface area contributed by atoms with E-state index in [1.54, 1.807) is 11.6 Å². The number of methoxy groups -OCH3 is 1. The summed E-state index contributed by atoms with van der Waals surface area (Å²) in [7, 11) is 1.62. The summed E-state index contributed by atoms with van der Waals surface area (Å²) in [6.45, 7) is 3.91. The summed E-state index contributed by atoms with van der Waals surface area (Å²) in [5, 5.41) is 7.63. The molecule has 1 aliphatic heterocycles. The number of imidazole rings is 1. The molecule has 1 aliphatic rings. The van der Waals surface area contributed by atoms with Crippen molar-refractivity contribution in [2.24, 2.45) is 0 Å². The second-order valence-electron chi connectivity index (χ2n) is 7.31. The van der Waals surface area contributed by atoms with Crippen LogP contribution in [0.4, 0.5) is 0 Å². The number of ether oxygens (including phenoxy) is 1. The number of piperidine rings is 1. The van der Waals surface area contributed by atoms with Crippen LogP contribution < -0.4 is 15.7 Å². The van der Waals surface area contributed by atoms with Gasteiger partial charge in [0.15, 0.2) is 11.4 Å². The number of fused-ring (bicyclic) bond motifs is 2. The number of hydrogen-bond acceptors (Lipinski definition) is 5. The Morgan fingerprint density at radius 1 is 1.29 bits per heavy atom. The summed E-state index contributed by atoms with van der Waals surface area (Å²) >= 11 is 0. The van der Waals surface area contributed by atoms with E-state index in [1.165, 1.54) is 6.33 Å². The number of hydrogen-bond donors (Lipinski definition) is 2. The Morgan fingerprint density at radius 2 is 2.18 bits per heavy atom. The maximum Gasteiger partial charge on any atom is 0.326 e. The molecule has 0 bridgehead atoms. The minimum atomic E-state index is -0.0513. The normalized spacial score (nSPS) is 17.4. The van der Waals surface area contributed by atoms with Crippen molar-refractivity contribution in [2.75, 3.05) is 20.2 Å². The third-order valence-corrected chi connectivity index (χ3v) is 5.57. The molecule has 0 aliphatic carbocycles. The maximum absolute atomic E-state index is 12.7. The van der Waals surface area contributed by atoms with E-state index >= 15 is 0 Å². The summed E-state index contributed by atoms with van der Waals surface area (Å²) in [6, 6.07) is 6.27. The highest BCUT2D eigenvalue weighted by atomic mass is 16.5. The quantitative estimate of drug-likeness (QED) is 0.571. The zero-order chi connectivity index (χ0) is 19.3. The van der Waals surface area contributed by atoms with E-state index in [9.17, 15) is 4.79 Å². The molecule has 1 aromatic carbocycles. The first-order valence-electron chi connectivity index (χ1n) is 9.49. The van der Waals surface area contributed by atoms with E-state index in [-0.39, 0.29) is 11.7 Å². The highest BCUT2D eigenvalue weighted by molar-refractivity contribution is 5.85. The lowest BCUT2D eigenvalue weighted by Crippen LogP contribution is -2.35. The number of benzene rings is 1. The third kappa shape index (κ3) is 2.60. The number of aromatic nitrogens is 5. The van der Waals surface area contributed by atoms with Crippen LogP contribution >= 0.6 is 0 Å². The van der Waals surface area contributed by atoms with Gasteiger partial charge in [0.05, 0.1) is 24.2 Å². The number of nitrogens with zero attached hydrogens (tertiary/aromatic N) is 4. The second kappa shape index (κ2) is 6.49. The van der Waals surface area contributed by atoms with Crippen LogP contribution in [0.2, 0.25) is 0 Å². The van der Waals surface area contributed by atoms with E-state index in [1.807, 2.05) is 22.9 Å². The molecule has 0 spiro atoms. The Kier molecular flexibility index (Phi) is 3.94. The molecule has 8 heteroatoms. The molecule has 4 aromatic rings. The average molecular weight is 378 g/mol. The van der Waals surface area contributed by atoms with Gasteiger partial charge >= 0.3 is 5.69 Å². The molecule has 1 fully saturated rings. The lowest BCUT2D eigenvalue weighted by Gasteiger charge is -2.24. The summed E-state index contributed by atoms with van der Waals surface area (Å²) in [6.07, 6.45) is 5.53. The van der Waals surface area contributed by atoms with Crippen molar-refractivity contribution in [3.8, 4) is 16.9 Å². The number of pyridine rings is 1. The lowest BCUT2D eigenvalue weighted by molar-refractivity contribution is 0.372. The lowest BCUT2D eigenvalue weighted by atomic mass is 10.0. The molecule has 0 radical (unpaired) electrons. The maximum atomic E-state index is 12.7. The number of H-pyrrole nitrogens is 1. The zero-order valence-corrected chi connectivity index (χ0v) is 15.9. The predicted octanol–water partition coefficient (Wildman–Crippen LogP) is 2.28. The van der Waals surface area contributed by atoms with E-state index in [0.29, 0.717) is 11.4 Å². The fourth-order valence-electron chi connectivity index (χ4n) is 4.20. The summed E-state index contributed by atoms with van der Waals surface area (Å²) in [4.78, 5) is 19.9. The molecule has 8 nitrogen and oxygen atoms in total. The molecular weight excluding hydrogens is 356 g/mol. The van der Waals surface area contributed by atoms with E-state index in [4.69, 9.17) is 4.74 Å². The van der Waals surface area contributed by atoms with Crippen molar-refractivity contribution < 1.29 is 4.74 Å². The number of rotatable bonds is 3. The molecule has 2 N–H and O–H groups in total. The van der Waals surface area contributed by atoms with Crippen molar-refractivity contribution in [1.29, 1.82) is 0 Å². The standard InChI is InChI=1S/C20H22N6O2/c1-12-6-17-16(24-20(27)26(17)14-4-3-5-21-9-14)8-15(12)13-7-18(28-2)19-22-11-23-25(19)10-13/h6-8,10-11,14,21H,3-5,9H2,1-2H3,(H,24,27)/t14-/m1/s1. The Bertz CT molecular complexity index is 1230. The van der Waals surface area contributed by atoms with Crippen LogP contribution in [0.25, 0.3) is 27.8 Å². The van der Waals surface area contributed by atoms with Crippen molar-refractivity contribution >= 4 is 16.7 Å². The van der Waals surface area contributed by atoms with Gasteiger partial charge in [0.1, 0.15) is 6.33 Å². The first-order chi connectivity index (χ1) is 13.7. The third-order valence-electron chi connectivity index (χ3n) is 5.57. The summed E-state index contributed by atoms with van der Waals surface area (Å²) in [5.41, 5.74) is 5.49. The van der Waals surface area contributed by atoms with Crippen LogP contribution in [0.1, 0.15) is 24.4 Å². The van der Waals surface area contributed by atoms with E-state index in [2.05, 4.69) is 33.4 Å². The SMILES string of the molecule is COc1cc(-c2cc3[nH]c(=O)n([C@@H]4CCCNC4)c3cc2C)cn2ncnc12. The van der Waals surface area contributed by atoms with Crippen molar-refractivity contribution in [1.82, 2.24) is 29.5 Å². The van der Waals surface area contributed by atoms with Gasteiger partial charge in [-0.1, -0.05) is 0 Å². The minimum Gasteiger partial charge on any atom is -0.493 e. The van der Waals surface area contributed by atoms with Gasteiger partial charge < -0.3 is 15.0 Å². The minimum absolute atomic E-state index is 0.0513. The number of aromatic amines is 1. The molecule has 3 aromatic heterocycles. The molecule has 4 heterocycles. The van der Waals surface area contributed by atoms with Crippen molar-refractivity contribution in [3.05, 3.63) is 46.8 Å². The fraction of sp³-hybridized carbons (Fsp3) is 0.350. The molecule has 1 atom stereocenters. The Hall–Kier alpha value is -3.13. The molecular formula is C20H22N6O2. The van der Waals surface area contributed by atoms with E-state index < -0.39 is 0 Å². The Balaban J connectivity index is 1.67. The zero-order valence-electron chi connectivity index (χ0n) is 15.9. The van der Waals surface area contributed by atoms with Gasteiger partial charge in [-0.25, -0.2) is 14.3 Å². The molecule has 5 rings (SSSR count). The van der Waals surface area contributed by atoms with Gasteiger partial charge in [0.25, 0.3) is 0 Å². The first-order valence-corrected chi connectivity index (χ1v) is 9.49. The monoisotopic (exact) mass is 378 g/mol. The Morgan fingerprint density at radius 3 is 2.96 bits per heavy atom. The summed E-state index contributed by atoms with van der Waals surface area (Å²) in [5.74, 6) is 0.661. The van der Waals surface area contributed by atoms with E-state index in [0.717, 1.165) is 53.7 Å². The van der Waals surface area contributed by atoms with Gasteiger partial charge in [0, 0.05) is 18.3 Å². The highest BCUT2D eigenvalue weighted by Crippen LogP contribution is 2.32. The highest BCUT2D eigenvalue weighted by Gasteiger charge is 2.21. The van der Waals surface area contributed by atoms with Crippen molar-refractivity contribution in [3.63, 3.8) is 0 Å². The van der Waals surface area contributed by atoms with Crippen LogP contribution in [-0.2, 0) is 0 Å². The van der Waals surface area contributed by atoms with Gasteiger partial charge in [-0.2, -0.15) is 5.10 Å². The smallest absolute Gasteiger partial charge is 0.326 e. The molecule has 0 amide bonds. The molecule has 0 saturated carbocycles. The number of nitrogens with one attached hydrogen (secondary N) is 2. The van der Waals surface area contributed by atoms with Gasteiger partial charge in [-0.3, -0.25) is 4.57 Å². The molecule has 28 heavy (non-hydrogen) atoms. The van der Waals surface area contributed by atoms with Gasteiger partial charge in [0.2, 0.25) is 0 Å². The van der Waals surface area contributed by atoms with Gasteiger partial charge in [-0.05, 0) is 55.6 Å². The Labute approximate surface area is 161 Å². The topological polar surface area (TPSA) is 89.2 Å². The summed E-state index contributed by atoms with van der Waals surface area (Å²) < 4.78 is 9.10. The fourth-order valence-corrected chi connectivity index (χ4v) is 4.20. The van der Waals surface area contributed by atoms with Crippen LogP contribution in [0.15, 0.2) is 35.5 Å². The molecule has 144 valence electrons. The number of aryl methyl sites for hydroxylation is 1.